The number of hydrogen-bond donors (Lipinski definition) is 1. The lowest BCUT2D eigenvalue weighted by Gasteiger charge is -2.34. The van der Waals surface area contributed by atoms with Crippen molar-refractivity contribution in [3.63, 3.8) is 0 Å². The molecule has 0 radical (unpaired) electrons. The number of nitrogens with zero attached hydrogens (tertiary/aromatic N) is 3. The van der Waals surface area contributed by atoms with Gasteiger partial charge in [-0.3, -0.25) is 4.79 Å². The number of aliphatic hydroxyl groups excluding tert-OH is 1. The zero-order chi connectivity index (χ0) is 16.2. The van der Waals surface area contributed by atoms with Crippen molar-refractivity contribution in [1.82, 2.24) is 9.88 Å². The van der Waals surface area contributed by atoms with Crippen LogP contribution < -0.4 is 4.90 Å². The van der Waals surface area contributed by atoms with Gasteiger partial charge in [0.15, 0.2) is 0 Å². The summed E-state index contributed by atoms with van der Waals surface area (Å²) < 4.78 is 0.831. The minimum atomic E-state index is 0.0394. The molecule has 0 bridgehead atoms. The lowest BCUT2D eigenvalue weighted by atomic mass is 9.98. The SMILES string of the molecule is O=C(c1cc(Br)cnc1N1CCCCC1)N1CCCC(CO)C1. The molecule has 2 aliphatic rings. The molecule has 1 N–H and O–H groups in total. The molecule has 0 saturated carbocycles. The van der Waals surface area contributed by atoms with E-state index in [0.717, 1.165) is 55.6 Å². The van der Waals surface area contributed by atoms with E-state index in [4.69, 9.17) is 0 Å². The Hall–Kier alpha value is -1.14. The van der Waals surface area contributed by atoms with E-state index in [-0.39, 0.29) is 18.4 Å². The maximum Gasteiger partial charge on any atom is 0.257 e. The number of anilines is 1. The Morgan fingerprint density at radius 3 is 2.78 bits per heavy atom. The van der Waals surface area contributed by atoms with Crippen molar-refractivity contribution >= 4 is 27.7 Å². The highest BCUT2D eigenvalue weighted by atomic mass is 79.9. The maximum atomic E-state index is 13.0. The van der Waals surface area contributed by atoms with Crippen molar-refractivity contribution in [1.29, 1.82) is 0 Å². The fourth-order valence-corrected chi connectivity index (χ4v) is 3.85. The van der Waals surface area contributed by atoms with E-state index in [1.807, 2.05) is 11.0 Å². The second-order valence-electron chi connectivity index (χ2n) is 6.51. The lowest BCUT2D eigenvalue weighted by molar-refractivity contribution is 0.0621. The van der Waals surface area contributed by atoms with Gasteiger partial charge in [-0.15, -0.1) is 0 Å². The van der Waals surface area contributed by atoms with E-state index >= 15 is 0 Å². The smallest absolute Gasteiger partial charge is 0.257 e. The third-order valence-corrected chi connectivity index (χ3v) is 5.22. The number of hydrogen-bond acceptors (Lipinski definition) is 4. The first-order valence-corrected chi connectivity index (χ1v) is 9.29. The number of likely N-dealkylation sites (tertiary alicyclic amines) is 1. The minimum Gasteiger partial charge on any atom is -0.396 e. The van der Waals surface area contributed by atoms with Gasteiger partial charge in [0.05, 0.1) is 5.56 Å². The van der Waals surface area contributed by atoms with Gasteiger partial charge in [0.1, 0.15) is 5.82 Å². The van der Waals surface area contributed by atoms with Crippen LogP contribution in [-0.4, -0.2) is 53.7 Å². The number of aliphatic hydroxyl groups is 1. The number of pyridine rings is 1. The van der Waals surface area contributed by atoms with E-state index < -0.39 is 0 Å². The van der Waals surface area contributed by atoms with Crippen LogP contribution in [-0.2, 0) is 0 Å². The Kier molecular flexibility index (Phi) is 5.54. The van der Waals surface area contributed by atoms with Crippen LogP contribution in [0.2, 0.25) is 0 Å². The average molecular weight is 382 g/mol. The van der Waals surface area contributed by atoms with Gasteiger partial charge in [-0.05, 0) is 60.0 Å². The Balaban J connectivity index is 1.85. The van der Waals surface area contributed by atoms with Gasteiger partial charge < -0.3 is 14.9 Å². The molecule has 0 aromatic carbocycles. The summed E-state index contributed by atoms with van der Waals surface area (Å²) in [7, 11) is 0. The summed E-state index contributed by atoms with van der Waals surface area (Å²) in [5, 5.41) is 9.40. The molecule has 3 rings (SSSR count). The van der Waals surface area contributed by atoms with Crippen molar-refractivity contribution in [2.24, 2.45) is 5.92 Å². The highest BCUT2D eigenvalue weighted by Gasteiger charge is 2.28. The fraction of sp³-hybridized carbons (Fsp3) is 0.647. The Bertz CT molecular complexity index is 561. The van der Waals surface area contributed by atoms with Crippen molar-refractivity contribution in [3.8, 4) is 0 Å². The van der Waals surface area contributed by atoms with Gasteiger partial charge in [0, 0.05) is 43.5 Å². The molecule has 1 atom stereocenters. The van der Waals surface area contributed by atoms with Crippen molar-refractivity contribution in [2.75, 3.05) is 37.7 Å². The number of amides is 1. The van der Waals surface area contributed by atoms with Crippen LogP contribution in [0.5, 0.6) is 0 Å². The van der Waals surface area contributed by atoms with Crippen LogP contribution in [0.3, 0.4) is 0 Å². The standard InChI is InChI=1S/C17H24BrN3O2/c18-14-9-15(16(19-10-14)20-6-2-1-3-7-20)17(23)21-8-4-5-13(11-21)12-22/h9-10,13,22H,1-8,11-12H2. The fourth-order valence-electron chi connectivity index (χ4n) is 3.52. The number of carbonyl (C=O) groups excluding carboxylic acids is 1. The van der Waals surface area contributed by atoms with Crippen LogP contribution in [0.15, 0.2) is 16.7 Å². The second kappa shape index (κ2) is 7.62. The van der Waals surface area contributed by atoms with Gasteiger partial charge in [-0.25, -0.2) is 4.98 Å². The number of piperidine rings is 2. The third kappa shape index (κ3) is 3.86. The molecule has 0 spiro atoms. The topological polar surface area (TPSA) is 56.7 Å². The van der Waals surface area contributed by atoms with E-state index in [1.54, 1.807) is 6.20 Å². The first kappa shape index (κ1) is 16.7. The van der Waals surface area contributed by atoms with Gasteiger partial charge in [0.2, 0.25) is 0 Å². The summed E-state index contributed by atoms with van der Waals surface area (Å²) in [5.74, 6) is 1.05. The number of aromatic nitrogens is 1. The molecule has 23 heavy (non-hydrogen) atoms. The zero-order valence-electron chi connectivity index (χ0n) is 13.4. The molecule has 5 nitrogen and oxygen atoms in total. The molecule has 6 heteroatoms. The van der Waals surface area contributed by atoms with Crippen molar-refractivity contribution in [3.05, 3.63) is 22.3 Å². The van der Waals surface area contributed by atoms with Crippen LogP contribution in [0.1, 0.15) is 42.5 Å². The first-order chi connectivity index (χ1) is 11.2. The summed E-state index contributed by atoms with van der Waals surface area (Å²) in [5.41, 5.74) is 0.680. The molecular weight excluding hydrogens is 358 g/mol. The Labute approximate surface area is 145 Å². The van der Waals surface area contributed by atoms with Crippen molar-refractivity contribution in [2.45, 2.75) is 32.1 Å². The normalized spacial score (nSPS) is 22.3. The number of halogens is 1. The lowest BCUT2D eigenvalue weighted by Crippen LogP contribution is -2.42. The van der Waals surface area contributed by atoms with Gasteiger partial charge >= 0.3 is 0 Å². The molecule has 1 amide bonds. The largest absolute Gasteiger partial charge is 0.396 e. The average Bonchev–Trinajstić information content (AvgIpc) is 2.62. The molecule has 2 aliphatic heterocycles. The quantitative estimate of drug-likeness (QED) is 0.874. The number of carbonyl (C=O) groups is 1. The molecule has 3 heterocycles. The third-order valence-electron chi connectivity index (χ3n) is 4.78. The van der Waals surface area contributed by atoms with E-state index in [1.165, 1.54) is 6.42 Å². The van der Waals surface area contributed by atoms with E-state index in [0.29, 0.717) is 12.1 Å². The van der Waals surface area contributed by atoms with Gasteiger partial charge in [-0.2, -0.15) is 0 Å². The molecule has 1 aromatic rings. The molecule has 2 saturated heterocycles. The zero-order valence-corrected chi connectivity index (χ0v) is 15.0. The molecule has 1 unspecified atom stereocenters. The summed E-state index contributed by atoms with van der Waals surface area (Å²) in [6.07, 6.45) is 7.28. The molecule has 0 aliphatic carbocycles. The summed E-state index contributed by atoms with van der Waals surface area (Å²) in [6.45, 7) is 3.49. The summed E-state index contributed by atoms with van der Waals surface area (Å²) >= 11 is 3.45. The molecule has 126 valence electrons. The predicted octanol–water partition coefficient (Wildman–Crippen LogP) is 2.68. The summed E-state index contributed by atoms with van der Waals surface area (Å²) in [6, 6.07) is 1.89. The van der Waals surface area contributed by atoms with Crippen LogP contribution in [0.4, 0.5) is 5.82 Å². The first-order valence-electron chi connectivity index (χ1n) is 8.49. The summed E-state index contributed by atoms with van der Waals surface area (Å²) in [4.78, 5) is 21.7. The highest BCUT2D eigenvalue weighted by Crippen LogP contribution is 2.27. The van der Waals surface area contributed by atoms with Crippen LogP contribution in [0.25, 0.3) is 0 Å². The molecular formula is C17H24BrN3O2. The van der Waals surface area contributed by atoms with E-state index in [9.17, 15) is 9.90 Å². The molecule has 1 aromatic heterocycles. The van der Waals surface area contributed by atoms with E-state index in [2.05, 4.69) is 25.8 Å². The van der Waals surface area contributed by atoms with Crippen LogP contribution >= 0.6 is 15.9 Å². The Morgan fingerprint density at radius 2 is 2.04 bits per heavy atom. The second-order valence-corrected chi connectivity index (χ2v) is 7.43. The monoisotopic (exact) mass is 381 g/mol. The Morgan fingerprint density at radius 1 is 1.26 bits per heavy atom. The maximum absolute atomic E-state index is 13.0. The molecule has 2 fully saturated rings. The minimum absolute atomic E-state index is 0.0394. The van der Waals surface area contributed by atoms with Gasteiger partial charge in [-0.1, -0.05) is 0 Å². The van der Waals surface area contributed by atoms with Crippen LogP contribution in [0, 0.1) is 5.92 Å². The van der Waals surface area contributed by atoms with Gasteiger partial charge in [0.25, 0.3) is 5.91 Å². The number of rotatable bonds is 3. The van der Waals surface area contributed by atoms with Crippen molar-refractivity contribution < 1.29 is 9.90 Å². The highest BCUT2D eigenvalue weighted by molar-refractivity contribution is 9.10. The predicted molar refractivity (Wildman–Crippen MR) is 93.7 cm³/mol.